The molecule has 26 heavy (non-hydrogen) atoms. The van der Waals surface area contributed by atoms with Crippen molar-refractivity contribution < 1.29 is 9.53 Å². The van der Waals surface area contributed by atoms with Gasteiger partial charge < -0.3 is 14.5 Å². The summed E-state index contributed by atoms with van der Waals surface area (Å²) in [7, 11) is 2.13. The Morgan fingerprint density at radius 3 is 2.88 bits per heavy atom. The Hall–Kier alpha value is -2.80. The van der Waals surface area contributed by atoms with Crippen LogP contribution in [0.15, 0.2) is 41.7 Å². The highest BCUT2D eigenvalue weighted by Gasteiger charge is 2.17. The molecule has 0 bridgehead atoms. The van der Waals surface area contributed by atoms with Gasteiger partial charge in [0.1, 0.15) is 23.9 Å². The van der Waals surface area contributed by atoms with Crippen LogP contribution < -0.4 is 9.64 Å². The van der Waals surface area contributed by atoms with E-state index >= 15 is 0 Å². The number of likely N-dealkylation sites (N-methyl/N-ethyl adjacent to an activating group) is 1. The minimum Gasteiger partial charge on any atom is -0.488 e. The predicted octanol–water partition coefficient (Wildman–Crippen LogP) is 3.01. The number of aldehydes is 1. The number of rotatable bonds is 6. The molecule has 1 aliphatic heterocycles. The van der Waals surface area contributed by atoms with Gasteiger partial charge in [0.25, 0.3) is 0 Å². The zero-order valence-corrected chi connectivity index (χ0v) is 14.8. The number of carbonyl (C=O) groups excluding carboxylic acids is 1. The molecule has 7 nitrogen and oxygen atoms in total. The molecule has 2 aromatic rings. The fraction of sp³-hybridized carbons (Fsp3) is 0.368. The Labute approximate surface area is 152 Å². The van der Waals surface area contributed by atoms with Gasteiger partial charge in [-0.25, -0.2) is 4.98 Å². The number of benzene rings is 1. The van der Waals surface area contributed by atoms with Crippen LogP contribution in [0.3, 0.4) is 0 Å². The maximum Gasteiger partial charge on any atom is 0.156 e. The summed E-state index contributed by atoms with van der Waals surface area (Å²) in [5.41, 5.74) is 1.20. The minimum atomic E-state index is 0.0828. The van der Waals surface area contributed by atoms with E-state index in [1.54, 1.807) is 18.3 Å². The SMILES string of the molecule is CN1CCCN(c2ncccc2COc2cccc(N=O)c2C=O)CC1. The number of hydrogen-bond acceptors (Lipinski definition) is 7. The van der Waals surface area contributed by atoms with Gasteiger partial charge in [-0.3, -0.25) is 4.79 Å². The summed E-state index contributed by atoms with van der Waals surface area (Å²) < 4.78 is 5.83. The van der Waals surface area contributed by atoms with Gasteiger partial charge in [0.2, 0.25) is 0 Å². The largest absolute Gasteiger partial charge is 0.488 e. The summed E-state index contributed by atoms with van der Waals surface area (Å²) in [5.74, 6) is 1.25. The van der Waals surface area contributed by atoms with Crippen molar-refractivity contribution in [2.45, 2.75) is 13.0 Å². The Morgan fingerprint density at radius 1 is 1.19 bits per heavy atom. The Bertz CT molecular complexity index is 781. The molecular weight excluding hydrogens is 332 g/mol. The molecule has 1 fully saturated rings. The lowest BCUT2D eigenvalue weighted by Gasteiger charge is -2.24. The highest BCUT2D eigenvalue weighted by molar-refractivity contribution is 5.86. The zero-order chi connectivity index (χ0) is 18.4. The van der Waals surface area contributed by atoms with E-state index in [4.69, 9.17) is 4.74 Å². The number of nitrogens with zero attached hydrogens (tertiary/aromatic N) is 4. The monoisotopic (exact) mass is 354 g/mol. The van der Waals surface area contributed by atoms with Crippen molar-refractivity contribution in [1.82, 2.24) is 9.88 Å². The lowest BCUT2D eigenvalue weighted by atomic mass is 10.2. The molecule has 136 valence electrons. The number of ether oxygens (including phenoxy) is 1. The van der Waals surface area contributed by atoms with Gasteiger partial charge in [-0.05, 0) is 43.4 Å². The van der Waals surface area contributed by atoms with Gasteiger partial charge >= 0.3 is 0 Å². The van der Waals surface area contributed by atoms with Crippen LogP contribution in [0.2, 0.25) is 0 Å². The van der Waals surface area contributed by atoms with Gasteiger partial charge in [0.15, 0.2) is 6.29 Å². The number of aromatic nitrogens is 1. The molecule has 2 heterocycles. The maximum absolute atomic E-state index is 11.3. The summed E-state index contributed by atoms with van der Waals surface area (Å²) in [6.45, 7) is 4.17. The molecule has 3 rings (SSSR count). The van der Waals surface area contributed by atoms with E-state index in [1.165, 1.54) is 6.07 Å². The first-order valence-corrected chi connectivity index (χ1v) is 8.64. The molecule has 0 unspecified atom stereocenters. The van der Waals surface area contributed by atoms with Crippen LogP contribution in [-0.4, -0.2) is 49.4 Å². The third kappa shape index (κ3) is 4.05. The Morgan fingerprint density at radius 2 is 2.08 bits per heavy atom. The second-order valence-electron chi connectivity index (χ2n) is 6.32. The predicted molar refractivity (Wildman–Crippen MR) is 100 cm³/mol. The standard InChI is InChI=1S/C19H22N4O3/c1-22-9-4-10-23(12-11-22)19-15(5-3-8-20-19)14-26-18-7-2-6-17(21-25)16(18)13-24/h2-3,5-8,13H,4,9-12,14H2,1H3. The topological polar surface area (TPSA) is 75.1 Å². The van der Waals surface area contributed by atoms with Crippen LogP contribution >= 0.6 is 0 Å². The van der Waals surface area contributed by atoms with E-state index in [2.05, 4.69) is 27.0 Å². The molecule has 0 amide bonds. The van der Waals surface area contributed by atoms with Crippen molar-refractivity contribution in [1.29, 1.82) is 0 Å². The highest BCUT2D eigenvalue weighted by Crippen LogP contribution is 2.28. The van der Waals surface area contributed by atoms with Crippen LogP contribution in [0.25, 0.3) is 0 Å². The summed E-state index contributed by atoms with van der Waals surface area (Å²) in [5, 5.41) is 2.88. The van der Waals surface area contributed by atoms with Crippen molar-refractivity contribution in [3.8, 4) is 5.75 Å². The first-order valence-electron chi connectivity index (χ1n) is 8.64. The molecule has 0 atom stereocenters. The molecule has 1 aliphatic rings. The molecule has 0 aliphatic carbocycles. The van der Waals surface area contributed by atoms with Gasteiger partial charge in [-0.1, -0.05) is 12.1 Å². The molecule has 0 radical (unpaired) electrons. The summed E-state index contributed by atoms with van der Waals surface area (Å²) in [6, 6.07) is 8.64. The third-order valence-corrected chi connectivity index (χ3v) is 4.53. The first kappa shape index (κ1) is 18.0. The van der Waals surface area contributed by atoms with Gasteiger partial charge in [-0.2, -0.15) is 0 Å². The minimum absolute atomic E-state index is 0.0828. The van der Waals surface area contributed by atoms with Crippen LogP contribution in [0.5, 0.6) is 5.75 Å². The Kier molecular flexibility index (Phi) is 5.91. The maximum atomic E-state index is 11.3. The number of pyridine rings is 1. The van der Waals surface area contributed by atoms with Crippen molar-refractivity contribution >= 4 is 17.8 Å². The molecular formula is C19H22N4O3. The van der Waals surface area contributed by atoms with Gasteiger partial charge in [0.05, 0.1) is 5.56 Å². The Balaban J connectivity index is 1.79. The fourth-order valence-corrected chi connectivity index (χ4v) is 3.10. The van der Waals surface area contributed by atoms with E-state index in [1.807, 2.05) is 12.1 Å². The van der Waals surface area contributed by atoms with E-state index in [-0.39, 0.29) is 17.9 Å². The van der Waals surface area contributed by atoms with Crippen LogP contribution in [-0.2, 0) is 6.61 Å². The number of nitroso groups, excluding NO2 is 1. The van der Waals surface area contributed by atoms with Crippen LogP contribution in [0.4, 0.5) is 11.5 Å². The molecule has 1 aromatic carbocycles. The number of anilines is 1. The molecule has 0 N–H and O–H groups in total. The van der Waals surface area contributed by atoms with E-state index in [0.29, 0.717) is 12.0 Å². The van der Waals surface area contributed by atoms with E-state index in [9.17, 15) is 9.70 Å². The zero-order valence-electron chi connectivity index (χ0n) is 14.8. The van der Waals surface area contributed by atoms with Crippen molar-refractivity contribution in [2.75, 3.05) is 38.1 Å². The molecule has 0 saturated carbocycles. The van der Waals surface area contributed by atoms with Crippen LogP contribution in [0, 0.1) is 4.91 Å². The quantitative estimate of drug-likeness (QED) is 0.586. The molecule has 7 heteroatoms. The van der Waals surface area contributed by atoms with Gasteiger partial charge in [-0.15, -0.1) is 4.91 Å². The summed E-state index contributed by atoms with van der Waals surface area (Å²) in [6.07, 6.45) is 3.46. The molecule has 0 spiro atoms. The highest BCUT2D eigenvalue weighted by atomic mass is 16.5. The van der Waals surface area contributed by atoms with E-state index in [0.717, 1.165) is 44.0 Å². The number of carbonyl (C=O) groups is 1. The van der Waals surface area contributed by atoms with Gasteiger partial charge in [0, 0.05) is 31.4 Å². The average Bonchev–Trinajstić information content (AvgIpc) is 2.90. The second-order valence-corrected chi connectivity index (χ2v) is 6.32. The number of hydrogen-bond donors (Lipinski definition) is 0. The fourth-order valence-electron chi connectivity index (χ4n) is 3.10. The molecule has 1 saturated heterocycles. The second kappa shape index (κ2) is 8.53. The third-order valence-electron chi connectivity index (χ3n) is 4.53. The first-order chi connectivity index (χ1) is 12.7. The summed E-state index contributed by atoms with van der Waals surface area (Å²) >= 11 is 0. The average molecular weight is 354 g/mol. The van der Waals surface area contributed by atoms with Crippen molar-refractivity contribution in [3.05, 3.63) is 52.6 Å². The lowest BCUT2D eigenvalue weighted by molar-refractivity contribution is 0.112. The molecule has 1 aromatic heterocycles. The smallest absolute Gasteiger partial charge is 0.156 e. The lowest BCUT2D eigenvalue weighted by Crippen LogP contribution is -2.30. The summed E-state index contributed by atoms with van der Waals surface area (Å²) in [4.78, 5) is 31.3. The van der Waals surface area contributed by atoms with Crippen molar-refractivity contribution in [2.24, 2.45) is 5.18 Å². The van der Waals surface area contributed by atoms with Crippen molar-refractivity contribution in [3.63, 3.8) is 0 Å². The van der Waals surface area contributed by atoms with Crippen LogP contribution in [0.1, 0.15) is 22.3 Å². The van der Waals surface area contributed by atoms with E-state index < -0.39 is 0 Å². The normalized spacial score (nSPS) is 15.3.